The van der Waals surface area contributed by atoms with Gasteiger partial charge in [-0.25, -0.2) is 0 Å². The Kier molecular flexibility index (Phi) is 4.05. The zero-order valence-corrected chi connectivity index (χ0v) is 13.1. The second kappa shape index (κ2) is 5.99. The molecular weight excluding hydrogens is 280 g/mol. The molecule has 0 unspecified atom stereocenters. The summed E-state index contributed by atoms with van der Waals surface area (Å²) < 4.78 is 5.62. The summed E-state index contributed by atoms with van der Waals surface area (Å²) in [4.78, 5) is 26.2. The Morgan fingerprint density at radius 2 is 2.09 bits per heavy atom. The molecule has 118 valence electrons. The van der Waals surface area contributed by atoms with E-state index >= 15 is 0 Å². The maximum absolute atomic E-state index is 12.4. The van der Waals surface area contributed by atoms with E-state index in [-0.39, 0.29) is 24.4 Å². The lowest BCUT2D eigenvalue weighted by Gasteiger charge is -2.33. The van der Waals surface area contributed by atoms with Crippen LogP contribution >= 0.6 is 0 Å². The van der Waals surface area contributed by atoms with Crippen LogP contribution in [0.3, 0.4) is 0 Å². The summed E-state index contributed by atoms with van der Waals surface area (Å²) >= 11 is 0. The zero-order valence-electron chi connectivity index (χ0n) is 13.1. The molecule has 1 aliphatic carbocycles. The SMILES string of the molecule is Cc1ccc2c(c1)N(CC(=O)NC1CCCC1)C(=O)[C@@H](C)O2. The number of benzene rings is 1. The third-order valence-corrected chi connectivity index (χ3v) is 4.34. The van der Waals surface area contributed by atoms with Crippen molar-refractivity contribution in [2.45, 2.75) is 51.7 Å². The quantitative estimate of drug-likeness (QED) is 0.931. The van der Waals surface area contributed by atoms with Gasteiger partial charge in [-0.3, -0.25) is 14.5 Å². The fourth-order valence-electron chi connectivity index (χ4n) is 3.17. The van der Waals surface area contributed by atoms with Crippen LogP contribution < -0.4 is 15.0 Å². The predicted molar refractivity (Wildman–Crippen MR) is 84.0 cm³/mol. The molecule has 5 heteroatoms. The van der Waals surface area contributed by atoms with Crippen LogP contribution in [0, 0.1) is 6.92 Å². The van der Waals surface area contributed by atoms with Gasteiger partial charge in [0.25, 0.3) is 5.91 Å². The first-order chi connectivity index (χ1) is 10.5. The minimum Gasteiger partial charge on any atom is -0.479 e. The third-order valence-electron chi connectivity index (χ3n) is 4.34. The fraction of sp³-hybridized carbons (Fsp3) is 0.529. The maximum Gasteiger partial charge on any atom is 0.268 e. The Morgan fingerprint density at radius 3 is 2.82 bits per heavy atom. The number of hydrogen-bond acceptors (Lipinski definition) is 3. The van der Waals surface area contributed by atoms with Crippen LogP contribution in [0.5, 0.6) is 5.75 Å². The number of nitrogens with one attached hydrogen (secondary N) is 1. The van der Waals surface area contributed by atoms with Crippen molar-refractivity contribution < 1.29 is 14.3 Å². The molecule has 0 aromatic heterocycles. The second-order valence-corrected chi connectivity index (χ2v) is 6.20. The van der Waals surface area contributed by atoms with Crippen LogP contribution in [-0.4, -0.2) is 30.5 Å². The van der Waals surface area contributed by atoms with E-state index in [9.17, 15) is 9.59 Å². The van der Waals surface area contributed by atoms with Crippen LogP contribution in [0.25, 0.3) is 0 Å². The van der Waals surface area contributed by atoms with Crippen LogP contribution in [0.1, 0.15) is 38.2 Å². The van der Waals surface area contributed by atoms with Crippen molar-refractivity contribution in [1.82, 2.24) is 5.32 Å². The summed E-state index contributed by atoms with van der Waals surface area (Å²) in [6, 6.07) is 5.95. The number of hydrogen-bond donors (Lipinski definition) is 1. The first-order valence-corrected chi connectivity index (χ1v) is 7.92. The number of aryl methyl sites for hydroxylation is 1. The Bertz CT molecular complexity index is 594. The molecule has 1 aromatic rings. The highest BCUT2D eigenvalue weighted by atomic mass is 16.5. The molecule has 1 aromatic carbocycles. The molecule has 1 aliphatic heterocycles. The average molecular weight is 302 g/mol. The number of nitrogens with zero attached hydrogens (tertiary/aromatic N) is 1. The Morgan fingerprint density at radius 1 is 1.36 bits per heavy atom. The molecule has 2 aliphatic rings. The lowest BCUT2D eigenvalue weighted by molar-refractivity contribution is -0.128. The minimum absolute atomic E-state index is 0.0550. The molecule has 0 spiro atoms. The van der Waals surface area contributed by atoms with Gasteiger partial charge in [0.05, 0.1) is 5.69 Å². The van der Waals surface area contributed by atoms with Gasteiger partial charge in [-0.1, -0.05) is 18.9 Å². The molecular formula is C17H22N2O3. The summed E-state index contributed by atoms with van der Waals surface area (Å²) in [7, 11) is 0. The van der Waals surface area contributed by atoms with Crippen molar-refractivity contribution >= 4 is 17.5 Å². The summed E-state index contributed by atoms with van der Waals surface area (Å²) in [6.45, 7) is 3.73. The Labute approximate surface area is 130 Å². The van der Waals surface area contributed by atoms with Gasteiger partial charge in [0.2, 0.25) is 5.91 Å². The summed E-state index contributed by atoms with van der Waals surface area (Å²) in [5.74, 6) is 0.396. The van der Waals surface area contributed by atoms with Gasteiger partial charge in [0.1, 0.15) is 12.3 Å². The average Bonchev–Trinajstić information content (AvgIpc) is 2.97. The van der Waals surface area contributed by atoms with E-state index in [2.05, 4.69) is 5.32 Å². The van der Waals surface area contributed by atoms with E-state index in [1.807, 2.05) is 25.1 Å². The van der Waals surface area contributed by atoms with Crippen LogP contribution in [0.4, 0.5) is 5.69 Å². The smallest absolute Gasteiger partial charge is 0.268 e. The first-order valence-electron chi connectivity index (χ1n) is 7.92. The largest absolute Gasteiger partial charge is 0.479 e. The van der Waals surface area contributed by atoms with Crippen molar-refractivity contribution in [1.29, 1.82) is 0 Å². The van der Waals surface area contributed by atoms with Crippen LogP contribution in [-0.2, 0) is 9.59 Å². The van der Waals surface area contributed by atoms with E-state index in [4.69, 9.17) is 4.74 Å². The molecule has 1 saturated carbocycles. The number of carbonyl (C=O) groups excluding carboxylic acids is 2. The van der Waals surface area contributed by atoms with Crippen molar-refractivity contribution in [2.75, 3.05) is 11.4 Å². The maximum atomic E-state index is 12.4. The molecule has 0 bridgehead atoms. The zero-order chi connectivity index (χ0) is 15.7. The van der Waals surface area contributed by atoms with E-state index in [1.54, 1.807) is 11.8 Å². The summed E-state index contributed by atoms with van der Waals surface area (Å²) in [5.41, 5.74) is 1.72. The lowest BCUT2D eigenvalue weighted by atomic mass is 10.1. The monoisotopic (exact) mass is 302 g/mol. The van der Waals surface area contributed by atoms with Gasteiger partial charge in [-0.05, 0) is 44.4 Å². The summed E-state index contributed by atoms with van der Waals surface area (Å²) in [6.07, 6.45) is 3.85. The van der Waals surface area contributed by atoms with Crippen LogP contribution in [0.2, 0.25) is 0 Å². The second-order valence-electron chi connectivity index (χ2n) is 6.20. The molecule has 1 atom stereocenters. The highest BCUT2D eigenvalue weighted by molar-refractivity contribution is 6.03. The molecule has 1 fully saturated rings. The molecule has 3 rings (SSSR count). The van der Waals surface area contributed by atoms with E-state index < -0.39 is 6.10 Å². The van der Waals surface area contributed by atoms with Crippen LogP contribution in [0.15, 0.2) is 18.2 Å². The highest BCUT2D eigenvalue weighted by Crippen LogP contribution is 2.34. The van der Waals surface area contributed by atoms with E-state index in [0.29, 0.717) is 11.4 Å². The van der Waals surface area contributed by atoms with E-state index in [0.717, 1.165) is 18.4 Å². The van der Waals surface area contributed by atoms with Gasteiger partial charge >= 0.3 is 0 Å². The lowest BCUT2D eigenvalue weighted by Crippen LogP contribution is -2.49. The third kappa shape index (κ3) is 2.93. The van der Waals surface area contributed by atoms with E-state index in [1.165, 1.54) is 12.8 Å². The van der Waals surface area contributed by atoms with Gasteiger partial charge < -0.3 is 10.1 Å². The van der Waals surface area contributed by atoms with Crippen molar-refractivity contribution in [3.8, 4) is 5.75 Å². The minimum atomic E-state index is -0.561. The molecule has 22 heavy (non-hydrogen) atoms. The fourth-order valence-corrected chi connectivity index (χ4v) is 3.17. The summed E-state index contributed by atoms with van der Waals surface area (Å²) in [5, 5.41) is 3.03. The van der Waals surface area contributed by atoms with Crippen molar-refractivity contribution in [3.63, 3.8) is 0 Å². The molecule has 1 N–H and O–H groups in total. The molecule has 0 radical (unpaired) electrons. The topological polar surface area (TPSA) is 58.6 Å². The standard InChI is InChI=1S/C17H22N2O3/c1-11-7-8-15-14(9-11)19(17(21)12(2)22-15)10-16(20)18-13-5-3-4-6-13/h7-9,12-13H,3-6,10H2,1-2H3,(H,18,20)/t12-/m1/s1. The first kappa shape index (κ1) is 14.9. The van der Waals surface area contributed by atoms with Crippen molar-refractivity contribution in [2.24, 2.45) is 0 Å². The number of fused-ring (bicyclic) bond motifs is 1. The number of anilines is 1. The number of carbonyl (C=O) groups is 2. The molecule has 0 saturated heterocycles. The van der Waals surface area contributed by atoms with Gasteiger partial charge in [0.15, 0.2) is 6.10 Å². The molecule has 5 nitrogen and oxygen atoms in total. The highest BCUT2D eigenvalue weighted by Gasteiger charge is 2.33. The normalized spacial score (nSPS) is 21.5. The van der Waals surface area contributed by atoms with Gasteiger partial charge in [-0.15, -0.1) is 0 Å². The Hall–Kier alpha value is -2.04. The Balaban J connectivity index is 1.77. The molecule has 2 amide bonds. The predicted octanol–water partition coefficient (Wildman–Crippen LogP) is 2.17. The number of amides is 2. The van der Waals surface area contributed by atoms with Gasteiger partial charge in [0, 0.05) is 6.04 Å². The molecule has 1 heterocycles. The van der Waals surface area contributed by atoms with Gasteiger partial charge in [-0.2, -0.15) is 0 Å². The number of ether oxygens (including phenoxy) is 1. The van der Waals surface area contributed by atoms with Crippen molar-refractivity contribution in [3.05, 3.63) is 23.8 Å². The number of rotatable bonds is 3.